The number of hydrogen-bond acceptors (Lipinski definition) is 3. The molecule has 0 fully saturated rings. The van der Waals surface area contributed by atoms with Crippen molar-refractivity contribution in [2.24, 2.45) is 0 Å². The summed E-state index contributed by atoms with van der Waals surface area (Å²) in [5, 5.41) is 11.7. The predicted molar refractivity (Wildman–Crippen MR) is 57.5 cm³/mol. The fraction of sp³-hybridized carbons (Fsp3) is 0.900. The van der Waals surface area contributed by atoms with Crippen molar-refractivity contribution in [3.05, 3.63) is 0 Å². The van der Waals surface area contributed by atoms with Crippen molar-refractivity contribution in [2.75, 3.05) is 27.2 Å². The van der Waals surface area contributed by atoms with Gasteiger partial charge in [0.05, 0.1) is 0 Å². The van der Waals surface area contributed by atoms with Gasteiger partial charge < -0.3 is 15.3 Å². The molecule has 0 bridgehead atoms. The molecule has 0 aliphatic carbocycles. The zero-order chi connectivity index (χ0) is 11.0. The average Bonchev–Trinajstić information content (AvgIpc) is 2.09. The Labute approximate surface area is 86.3 Å². The molecule has 0 radical (unpaired) electrons. The van der Waals surface area contributed by atoms with E-state index in [0.29, 0.717) is 6.04 Å². The molecule has 0 aromatic carbocycles. The monoisotopic (exact) mass is 202 g/mol. The van der Waals surface area contributed by atoms with Crippen LogP contribution >= 0.6 is 0 Å². The van der Waals surface area contributed by atoms with Crippen LogP contribution in [0.1, 0.15) is 26.2 Å². The molecular formula is C10H22N2O2. The van der Waals surface area contributed by atoms with Gasteiger partial charge in [0, 0.05) is 19.0 Å². The molecule has 2 N–H and O–H groups in total. The standard InChI is InChI=1S/C10H22N2O2/c1-9(12(2)3)8-11-7-5-4-6-10(13)14/h9,11H,4-8H2,1-3H3,(H,13,14). The van der Waals surface area contributed by atoms with Crippen LogP contribution in [0.5, 0.6) is 0 Å². The first-order valence-electron chi connectivity index (χ1n) is 5.13. The lowest BCUT2D eigenvalue weighted by Crippen LogP contribution is -2.35. The second-order valence-electron chi connectivity index (χ2n) is 3.87. The van der Waals surface area contributed by atoms with E-state index in [-0.39, 0.29) is 6.42 Å². The molecule has 0 saturated heterocycles. The summed E-state index contributed by atoms with van der Waals surface area (Å²) >= 11 is 0. The van der Waals surface area contributed by atoms with E-state index in [9.17, 15) is 4.79 Å². The molecule has 1 atom stereocenters. The highest BCUT2D eigenvalue weighted by atomic mass is 16.4. The van der Waals surface area contributed by atoms with E-state index >= 15 is 0 Å². The SMILES string of the molecule is CC(CNCCCCC(=O)O)N(C)C. The maximum absolute atomic E-state index is 10.2. The Balaban J connectivity index is 3.17. The number of rotatable bonds is 8. The van der Waals surface area contributed by atoms with Crippen LogP contribution in [0.3, 0.4) is 0 Å². The summed E-state index contributed by atoms with van der Waals surface area (Å²) in [5.74, 6) is -0.702. The summed E-state index contributed by atoms with van der Waals surface area (Å²) in [7, 11) is 4.10. The summed E-state index contributed by atoms with van der Waals surface area (Å²) in [5.41, 5.74) is 0. The van der Waals surface area contributed by atoms with Crippen molar-refractivity contribution in [1.29, 1.82) is 0 Å². The maximum Gasteiger partial charge on any atom is 0.303 e. The molecule has 0 rings (SSSR count). The molecule has 0 aliphatic rings. The number of hydrogen-bond donors (Lipinski definition) is 2. The van der Waals surface area contributed by atoms with Gasteiger partial charge >= 0.3 is 5.97 Å². The number of carboxylic acids is 1. The minimum absolute atomic E-state index is 0.283. The van der Waals surface area contributed by atoms with Gasteiger partial charge in [0.25, 0.3) is 0 Å². The van der Waals surface area contributed by atoms with Crippen molar-refractivity contribution >= 4 is 5.97 Å². The third kappa shape index (κ3) is 8.01. The van der Waals surface area contributed by atoms with E-state index in [0.717, 1.165) is 25.9 Å². The van der Waals surface area contributed by atoms with Gasteiger partial charge in [0.2, 0.25) is 0 Å². The van der Waals surface area contributed by atoms with Crippen LogP contribution in [0, 0.1) is 0 Å². The minimum Gasteiger partial charge on any atom is -0.481 e. The topological polar surface area (TPSA) is 52.6 Å². The highest BCUT2D eigenvalue weighted by Crippen LogP contribution is 1.94. The van der Waals surface area contributed by atoms with Crippen molar-refractivity contribution in [3.8, 4) is 0 Å². The molecule has 0 saturated carbocycles. The van der Waals surface area contributed by atoms with Crippen LogP contribution in [0.4, 0.5) is 0 Å². The highest BCUT2D eigenvalue weighted by Gasteiger charge is 2.02. The van der Waals surface area contributed by atoms with Crippen molar-refractivity contribution in [1.82, 2.24) is 10.2 Å². The lowest BCUT2D eigenvalue weighted by atomic mass is 10.2. The average molecular weight is 202 g/mol. The molecule has 14 heavy (non-hydrogen) atoms. The van der Waals surface area contributed by atoms with E-state index in [2.05, 4.69) is 31.2 Å². The Bertz CT molecular complexity index is 160. The zero-order valence-corrected chi connectivity index (χ0v) is 9.42. The lowest BCUT2D eigenvalue weighted by molar-refractivity contribution is -0.137. The van der Waals surface area contributed by atoms with E-state index in [1.165, 1.54) is 0 Å². The predicted octanol–water partition coefficient (Wildman–Crippen LogP) is 0.781. The van der Waals surface area contributed by atoms with Gasteiger partial charge in [0.1, 0.15) is 0 Å². The number of likely N-dealkylation sites (N-methyl/N-ethyl adjacent to an activating group) is 1. The van der Waals surface area contributed by atoms with Crippen LogP contribution in [0.25, 0.3) is 0 Å². The number of carbonyl (C=O) groups is 1. The van der Waals surface area contributed by atoms with E-state index in [4.69, 9.17) is 5.11 Å². The largest absolute Gasteiger partial charge is 0.481 e. The third-order valence-electron chi connectivity index (χ3n) is 2.32. The Kier molecular flexibility index (Phi) is 7.42. The first-order valence-corrected chi connectivity index (χ1v) is 5.13. The summed E-state index contributed by atoms with van der Waals surface area (Å²) in [4.78, 5) is 12.4. The van der Waals surface area contributed by atoms with Crippen LogP contribution in [-0.2, 0) is 4.79 Å². The second kappa shape index (κ2) is 7.76. The summed E-state index contributed by atoms with van der Waals surface area (Å²) < 4.78 is 0. The Morgan fingerprint density at radius 1 is 1.43 bits per heavy atom. The van der Waals surface area contributed by atoms with Gasteiger partial charge in [-0.1, -0.05) is 0 Å². The number of aliphatic carboxylic acids is 1. The van der Waals surface area contributed by atoms with Gasteiger partial charge in [-0.2, -0.15) is 0 Å². The quantitative estimate of drug-likeness (QED) is 0.571. The fourth-order valence-corrected chi connectivity index (χ4v) is 1.02. The smallest absolute Gasteiger partial charge is 0.303 e. The number of nitrogens with one attached hydrogen (secondary N) is 1. The molecule has 0 heterocycles. The van der Waals surface area contributed by atoms with Crippen molar-refractivity contribution < 1.29 is 9.90 Å². The van der Waals surface area contributed by atoms with E-state index in [1.54, 1.807) is 0 Å². The van der Waals surface area contributed by atoms with Crippen LogP contribution in [0.2, 0.25) is 0 Å². The number of unbranched alkanes of at least 4 members (excludes halogenated alkanes) is 1. The third-order valence-corrected chi connectivity index (χ3v) is 2.32. The van der Waals surface area contributed by atoms with Gasteiger partial charge in [-0.15, -0.1) is 0 Å². The summed E-state index contributed by atoms with van der Waals surface area (Å²) in [6.07, 6.45) is 1.98. The van der Waals surface area contributed by atoms with Crippen molar-refractivity contribution in [3.63, 3.8) is 0 Å². The summed E-state index contributed by atoms with van der Waals surface area (Å²) in [6.45, 7) is 4.02. The van der Waals surface area contributed by atoms with Gasteiger partial charge in [-0.05, 0) is 40.4 Å². The number of nitrogens with zero attached hydrogens (tertiary/aromatic N) is 1. The molecule has 0 spiro atoms. The van der Waals surface area contributed by atoms with E-state index in [1.807, 2.05) is 0 Å². The normalized spacial score (nSPS) is 13.1. The molecule has 84 valence electrons. The molecule has 0 aromatic heterocycles. The Morgan fingerprint density at radius 3 is 2.57 bits per heavy atom. The zero-order valence-electron chi connectivity index (χ0n) is 9.42. The minimum atomic E-state index is -0.702. The molecule has 0 aliphatic heterocycles. The first-order chi connectivity index (χ1) is 6.54. The maximum atomic E-state index is 10.2. The van der Waals surface area contributed by atoms with E-state index < -0.39 is 5.97 Å². The Morgan fingerprint density at radius 2 is 2.07 bits per heavy atom. The fourth-order valence-electron chi connectivity index (χ4n) is 1.02. The van der Waals surface area contributed by atoms with Crippen LogP contribution in [0.15, 0.2) is 0 Å². The molecule has 0 amide bonds. The number of carboxylic acid groups (broad SMARTS) is 1. The van der Waals surface area contributed by atoms with Crippen molar-refractivity contribution in [2.45, 2.75) is 32.2 Å². The van der Waals surface area contributed by atoms with Gasteiger partial charge in [-0.25, -0.2) is 0 Å². The van der Waals surface area contributed by atoms with Crippen LogP contribution < -0.4 is 5.32 Å². The van der Waals surface area contributed by atoms with Gasteiger partial charge in [-0.3, -0.25) is 4.79 Å². The van der Waals surface area contributed by atoms with Crippen LogP contribution in [-0.4, -0.2) is 49.2 Å². The molecule has 0 aromatic rings. The second-order valence-corrected chi connectivity index (χ2v) is 3.87. The Hall–Kier alpha value is -0.610. The molecule has 1 unspecified atom stereocenters. The first kappa shape index (κ1) is 13.4. The molecular weight excluding hydrogens is 180 g/mol. The van der Waals surface area contributed by atoms with Gasteiger partial charge in [0.15, 0.2) is 0 Å². The lowest BCUT2D eigenvalue weighted by Gasteiger charge is -2.19. The molecule has 4 nitrogen and oxygen atoms in total. The highest BCUT2D eigenvalue weighted by molar-refractivity contribution is 5.66. The summed E-state index contributed by atoms with van der Waals surface area (Å²) in [6, 6.07) is 0.523. The molecule has 4 heteroatoms.